The minimum Gasteiger partial charge on any atom is -0.493 e. The molecular weight excluding hydrogens is 254 g/mol. The summed E-state index contributed by atoms with van der Waals surface area (Å²) >= 11 is 5.98. The van der Waals surface area contributed by atoms with Gasteiger partial charge in [0.2, 0.25) is 0 Å². The van der Waals surface area contributed by atoms with E-state index in [9.17, 15) is 4.79 Å². The van der Waals surface area contributed by atoms with Crippen LogP contribution < -0.4 is 10.5 Å². The molecule has 1 unspecified atom stereocenters. The number of hydrogen-bond donors (Lipinski definition) is 2. The van der Waals surface area contributed by atoms with Crippen LogP contribution in [0.15, 0.2) is 18.2 Å². The number of carbonyl (C=O) groups is 1. The second kappa shape index (κ2) is 5.59. The maximum Gasteiger partial charge on any atom is 0.305 e. The summed E-state index contributed by atoms with van der Waals surface area (Å²) < 4.78 is 5.62. The molecule has 3 N–H and O–H groups in total. The summed E-state index contributed by atoms with van der Waals surface area (Å²) in [5.74, 6) is 0.383. The summed E-state index contributed by atoms with van der Waals surface area (Å²) in [6, 6.07) is 4.60. The van der Waals surface area contributed by atoms with E-state index in [1.807, 2.05) is 0 Å². The van der Waals surface area contributed by atoms with E-state index in [-0.39, 0.29) is 6.42 Å². The Hall–Kier alpha value is -1.26. The van der Waals surface area contributed by atoms with Gasteiger partial charge in [-0.2, -0.15) is 0 Å². The van der Waals surface area contributed by atoms with E-state index in [1.165, 1.54) is 12.8 Å². The van der Waals surface area contributed by atoms with Gasteiger partial charge in [-0.1, -0.05) is 11.6 Å². The quantitative estimate of drug-likeness (QED) is 0.833. The molecule has 18 heavy (non-hydrogen) atoms. The van der Waals surface area contributed by atoms with Crippen molar-refractivity contribution in [2.45, 2.75) is 25.3 Å². The van der Waals surface area contributed by atoms with Crippen molar-refractivity contribution in [3.05, 3.63) is 28.8 Å². The fourth-order valence-electron chi connectivity index (χ4n) is 1.69. The Morgan fingerprint density at radius 2 is 2.22 bits per heavy atom. The molecule has 1 aliphatic carbocycles. The lowest BCUT2D eigenvalue weighted by Crippen LogP contribution is -2.15. The minimum atomic E-state index is -0.928. The van der Waals surface area contributed by atoms with Crippen molar-refractivity contribution in [3.63, 3.8) is 0 Å². The van der Waals surface area contributed by atoms with E-state index in [4.69, 9.17) is 27.2 Å². The first kappa shape index (κ1) is 13.2. The van der Waals surface area contributed by atoms with Gasteiger partial charge in [-0.05, 0) is 42.5 Å². The molecule has 5 heteroatoms. The first-order chi connectivity index (χ1) is 8.54. The molecule has 1 aromatic carbocycles. The average Bonchev–Trinajstić information content (AvgIpc) is 3.08. The number of aliphatic carboxylic acids is 1. The summed E-state index contributed by atoms with van der Waals surface area (Å²) in [7, 11) is 0. The molecule has 1 aliphatic rings. The summed E-state index contributed by atoms with van der Waals surface area (Å²) in [6.07, 6.45) is 2.31. The van der Waals surface area contributed by atoms with Crippen molar-refractivity contribution in [1.82, 2.24) is 0 Å². The van der Waals surface area contributed by atoms with E-state index >= 15 is 0 Å². The monoisotopic (exact) mass is 269 g/mol. The van der Waals surface area contributed by atoms with E-state index in [1.54, 1.807) is 18.2 Å². The maximum absolute atomic E-state index is 10.6. The number of halogens is 1. The molecule has 1 atom stereocenters. The lowest BCUT2D eigenvalue weighted by atomic mass is 10.0. The fraction of sp³-hybridized carbons (Fsp3) is 0.462. The van der Waals surface area contributed by atoms with E-state index in [0.717, 1.165) is 0 Å². The van der Waals surface area contributed by atoms with Crippen molar-refractivity contribution in [3.8, 4) is 5.75 Å². The van der Waals surface area contributed by atoms with Gasteiger partial charge in [0.1, 0.15) is 5.75 Å². The normalized spacial score (nSPS) is 16.3. The van der Waals surface area contributed by atoms with Crippen LogP contribution in [-0.2, 0) is 4.79 Å². The molecule has 2 rings (SSSR count). The molecule has 0 saturated heterocycles. The number of benzene rings is 1. The predicted octanol–water partition coefficient (Wildman–Crippen LogP) is 2.60. The van der Waals surface area contributed by atoms with Crippen LogP contribution in [0.5, 0.6) is 5.75 Å². The Morgan fingerprint density at radius 1 is 1.50 bits per heavy atom. The lowest BCUT2D eigenvalue weighted by molar-refractivity contribution is -0.137. The van der Waals surface area contributed by atoms with Gasteiger partial charge in [0.25, 0.3) is 0 Å². The first-order valence-corrected chi connectivity index (χ1v) is 6.33. The summed E-state index contributed by atoms with van der Waals surface area (Å²) in [4.78, 5) is 10.6. The molecule has 0 bridgehead atoms. The topological polar surface area (TPSA) is 72.6 Å². The molecule has 1 fully saturated rings. The molecule has 1 saturated carbocycles. The highest BCUT2D eigenvalue weighted by molar-refractivity contribution is 6.30. The Kier molecular flexibility index (Phi) is 4.09. The molecule has 0 radical (unpaired) electrons. The van der Waals surface area contributed by atoms with E-state index in [0.29, 0.717) is 28.9 Å². The number of ether oxygens (including phenoxy) is 1. The summed E-state index contributed by atoms with van der Waals surface area (Å²) in [6.45, 7) is 0.688. The Morgan fingerprint density at radius 3 is 2.83 bits per heavy atom. The predicted molar refractivity (Wildman–Crippen MR) is 68.9 cm³/mol. The third-order valence-corrected chi connectivity index (χ3v) is 3.12. The van der Waals surface area contributed by atoms with Gasteiger partial charge < -0.3 is 15.6 Å². The van der Waals surface area contributed by atoms with Crippen LogP contribution in [0.4, 0.5) is 0 Å². The highest BCUT2D eigenvalue weighted by Crippen LogP contribution is 2.31. The zero-order valence-electron chi connectivity index (χ0n) is 9.93. The van der Waals surface area contributed by atoms with Crippen LogP contribution in [0, 0.1) is 5.92 Å². The van der Waals surface area contributed by atoms with Gasteiger partial charge in [-0.3, -0.25) is 4.79 Å². The van der Waals surface area contributed by atoms with Crippen LogP contribution >= 0.6 is 11.6 Å². The third-order valence-electron chi connectivity index (χ3n) is 2.90. The van der Waals surface area contributed by atoms with Gasteiger partial charge in [0.15, 0.2) is 0 Å². The number of nitrogens with two attached hydrogens (primary N) is 1. The van der Waals surface area contributed by atoms with Gasteiger partial charge in [0.05, 0.1) is 13.0 Å². The first-order valence-electron chi connectivity index (χ1n) is 5.95. The number of carboxylic acid groups (broad SMARTS) is 1. The van der Waals surface area contributed by atoms with Crippen LogP contribution in [0.2, 0.25) is 5.02 Å². The Balaban J connectivity index is 2.06. The highest BCUT2D eigenvalue weighted by atomic mass is 35.5. The van der Waals surface area contributed by atoms with Gasteiger partial charge >= 0.3 is 5.97 Å². The number of hydrogen-bond acceptors (Lipinski definition) is 3. The molecule has 0 heterocycles. The van der Waals surface area contributed by atoms with Crippen molar-refractivity contribution < 1.29 is 14.6 Å². The zero-order chi connectivity index (χ0) is 13.1. The lowest BCUT2D eigenvalue weighted by Gasteiger charge is -2.13. The third kappa shape index (κ3) is 3.89. The van der Waals surface area contributed by atoms with E-state index < -0.39 is 12.0 Å². The van der Waals surface area contributed by atoms with Crippen LogP contribution in [0.3, 0.4) is 0 Å². The second-order valence-corrected chi connectivity index (χ2v) is 5.12. The van der Waals surface area contributed by atoms with Crippen molar-refractivity contribution in [2.75, 3.05) is 6.61 Å². The Labute approximate surface area is 111 Å². The van der Waals surface area contributed by atoms with Crippen molar-refractivity contribution in [1.29, 1.82) is 0 Å². The Bertz CT molecular complexity index is 446. The molecule has 0 spiro atoms. The van der Waals surface area contributed by atoms with Gasteiger partial charge in [-0.15, -0.1) is 0 Å². The van der Waals surface area contributed by atoms with Crippen molar-refractivity contribution >= 4 is 17.6 Å². The van der Waals surface area contributed by atoms with Crippen LogP contribution in [0.1, 0.15) is 30.9 Å². The molecule has 1 aromatic rings. The zero-order valence-corrected chi connectivity index (χ0v) is 10.7. The summed E-state index contributed by atoms with van der Waals surface area (Å²) in [5, 5.41) is 9.24. The molecule has 0 aliphatic heterocycles. The minimum absolute atomic E-state index is 0.123. The highest BCUT2D eigenvalue weighted by Gasteiger charge is 2.22. The average molecular weight is 270 g/mol. The number of carboxylic acids is 1. The van der Waals surface area contributed by atoms with Gasteiger partial charge in [-0.25, -0.2) is 0 Å². The molecule has 4 nitrogen and oxygen atoms in total. The van der Waals surface area contributed by atoms with Crippen molar-refractivity contribution in [2.24, 2.45) is 11.7 Å². The van der Waals surface area contributed by atoms with Crippen LogP contribution in [0.25, 0.3) is 0 Å². The van der Waals surface area contributed by atoms with Crippen LogP contribution in [-0.4, -0.2) is 17.7 Å². The largest absolute Gasteiger partial charge is 0.493 e. The molecule has 98 valence electrons. The fourth-order valence-corrected chi connectivity index (χ4v) is 1.92. The van der Waals surface area contributed by atoms with E-state index in [2.05, 4.69) is 0 Å². The maximum atomic E-state index is 10.6. The number of rotatable bonds is 6. The smallest absolute Gasteiger partial charge is 0.305 e. The summed E-state index contributed by atoms with van der Waals surface area (Å²) in [5.41, 5.74) is 6.50. The molecule has 0 aromatic heterocycles. The molecule has 0 amide bonds. The molecular formula is C13H16ClNO3. The second-order valence-electron chi connectivity index (χ2n) is 4.68. The SMILES string of the molecule is NC(CC(=O)O)c1cc(Cl)cc(OCC2CC2)c1. The standard InChI is InChI=1S/C13H16ClNO3/c14-10-3-9(12(15)6-13(16)17)4-11(5-10)18-7-8-1-2-8/h3-5,8,12H,1-2,6-7,15H2,(H,16,17). The van der Waals surface area contributed by atoms with Gasteiger partial charge in [0, 0.05) is 11.1 Å².